The maximum Gasteiger partial charge on any atom is 0.339 e. The van der Waals surface area contributed by atoms with Crippen LogP contribution in [0.2, 0.25) is 0 Å². The smallest absolute Gasteiger partial charge is 0.339 e. The molecule has 0 fully saturated rings. The van der Waals surface area contributed by atoms with Crippen LogP contribution in [0.15, 0.2) is 53.4 Å². The van der Waals surface area contributed by atoms with Crippen LogP contribution in [0.5, 0.6) is 5.75 Å². The van der Waals surface area contributed by atoms with Gasteiger partial charge in [-0.1, -0.05) is 24.3 Å². The average molecular weight is 349 g/mol. The van der Waals surface area contributed by atoms with E-state index in [2.05, 4.69) is 4.74 Å². The predicted molar refractivity (Wildman–Crippen MR) is 89.4 cm³/mol. The quantitative estimate of drug-likeness (QED) is 0.748. The molecule has 7 heteroatoms. The molecule has 0 bridgehead atoms. The fourth-order valence-electron chi connectivity index (χ4n) is 2.25. The number of esters is 1. The molecular weight excluding hydrogens is 330 g/mol. The highest BCUT2D eigenvalue weighted by Crippen LogP contribution is 2.22. The second kappa shape index (κ2) is 7.46. The first kappa shape index (κ1) is 18.0. The van der Waals surface area contributed by atoms with Crippen LogP contribution in [0, 0.1) is 0 Å². The minimum Gasteiger partial charge on any atom is -0.497 e. The number of benzene rings is 2. The Morgan fingerprint density at radius 1 is 1.08 bits per heavy atom. The van der Waals surface area contributed by atoms with E-state index in [-0.39, 0.29) is 17.0 Å². The predicted octanol–water partition coefficient (Wildman–Crippen LogP) is 2.30. The molecule has 128 valence electrons. The third kappa shape index (κ3) is 3.74. The first-order valence-corrected chi connectivity index (χ1v) is 8.60. The standard InChI is InChI=1S/C17H19NO5S/c1-18(12-13-7-6-8-14(11-13)22-2)24(20,21)16-10-5-4-9-15(16)17(19)23-3/h4-11H,12H2,1-3H3. The summed E-state index contributed by atoms with van der Waals surface area (Å²) in [5.41, 5.74) is 0.786. The third-order valence-electron chi connectivity index (χ3n) is 3.52. The maximum atomic E-state index is 12.8. The van der Waals surface area contributed by atoms with Gasteiger partial charge < -0.3 is 9.47 Å². The zero-order chi connectivity index (χ0) is 17.7. The Kier molecular flexibility index (Phi) is 5.58. The van der Waals surface area contributed by atoms with E-state index in [1.54, 1.807) is 43.5 Å². The van der Waals surface area contributed by atoms with E-state index >= 15 is 0 Å². The Hall–Kier alpha value is -2.38. The number of carbonyl (C=O) groups is 1. The Bertz CT molecular complexity index is 832. The molecule has 24 heavy (non-hydrogen) atoms. The monoisotopic (exact) mass is 349 g/mol. The summed E-state index contributed by atoms with van der Waals surface area (Å²) in [6, 6.07) is 13.1. The molecule has 0 radical (unpaired) electrons. The van der Waals surface area contributed by atoms with Gasteiger partial charge in [0.25, 0.3) is 0 Å². The first-order valence-electron chi connectivity index (χ1n) is 7.16. The van der Waals surface area contributed by atoms with Gasteiger partial charge in [-0.15, -0.1) is 0 Å². The molecular formula is C17H19NO5S. The molecule has 0 aliphatic heterocycles. The lowest BCUT2D eigenvalue weighted by molar-refractivity contribution is 0.0596. The Balaban J connectivity index is 2.34. The molecule has 0 heterocycles. The van der Waals surface area contributed by atoms with Crippen LogP contribution in [-0.2, 0) is 21.3 Å². The van der Waals surface area contributed by atoms with Crippen LogP contribution in [0.25, 0.3) is 0 Å². The van der Waals surface area contributed by atoms with Crippen molar-refractivity contribution in [2.75, 3.05) is 21.3 Å². The van der Waals surface area contributed by atoms with Crippen molar-refractivity contribution in [1.82, 2.24) is 4.31 Å². The van der Waals surface area contributed by atoms with Crippen LogP contribution >= 0.6 is 0 Å². The molecule has 0 spiro atoms. The summed E-state index contributed by atoms with van der Waals surface area (Å²) in [6.45, 7) is 0.148. The van der Waals surface area contributed by atoms with Gasteiger partial charge in [0.2, 0.25) is 10.0 Å². The Labute approximate surface area is 141 Å². The minimum atomic E-state index is -3.85. The molecule has 0 aromatic heterocycles. The van der Waals surface area contributed by atoms with E-state index in [9.17, 15) is 13.2 Å². The highest BCUT2D eigenvalue weighted by atomic mass is 32.2. The summed E-state index contributed by atoms with van der Waals surface area (Å²) in [6.07, 6.45) is 0. The zero-order valence-electron chi connectivity index (χ0n) is 13.7. The Morgan fingerprint density at radius 3 is 2.46 bits per heavy atom. The second-order valence-electron chi connectivity index (χ2n) is 5.10. The number of ether oxygens (including phenoxy) is 2. The summed E-state index contributed by atoms with van der Waals surface area (Å²) in [5, 5.41) is 0. The molecule has 0 saturated carbocycles. The molecule has 0 atom stereocenters. The lowest BCUT2D eigenvalue weighted by atomic mass is 10.2. The average Bonchev–Trinajstić information content (AvgIpc) is 2.61. The molecule has 2 aromatic rings. The van der Waals surface area contributed by atoms with E-state index in [4.69, 9.17) is 4.74 Å². The van der Waals surface area contributed by atoms with Crippen LogP contribution in [0.4, 0.5) is 0 Å². The summed E-state index contributed by atoms with van der Waals surface area (Å²) < 4.78 is 36.6. The normalized spacial score (nSPS) is 11.3. The number of rotatable bonds is 6. The SMILES string of the molecule is COC(=O)c1ccccc1S(=O)(=O)N(C)Cc1cccc(OC)c1. The van der Waals surface area contributed by atoms with Gasteiger partial charge >= 0.3 is 5.97 Å². The van der Waals surface area contributed by atoms with Crippen molar-refractivity contribution in [2.45, 2.75) is 11.4 Å². The number of hydrogen-bond acceptors (Lipinski definition) is 5. The van der Waals surface area contributed by atoms with Crippen molar-refractivity contribution in [1.29, 1.82) is 0 Å². The number of methoxy groups -OCH3 is 2. The molecule has 0 aliphatic carbocycles. The fourth-order valence-corrected chi connectivity index (χ4v) is 3.59. The molecule has 0 unspecified atom stereocenters. The van der Waals surface area contributed by atoms with Gasteiger partial charge in [-0.05, 0) is 29.8 Å². The molecule has 6 nitrogen and oxygen atoms in total. The number of carbonyl (C=O) groups excluding carboxylic acids is 1. The van der Waals surface area contributed by atoms with Gasteiger partial charge in [0.05, 0.1) is 24.7 Å². The largest absolute Gasteiger partial charge is 0.497 e. The van der Waals surface area contributed by atoms with Gasteiger partial charge in [0.1, 0.15) is 5.75 Å². The van der Waals surface area contributed by atoms with E-state index in [0.717, 1.165) is 5.56 Å². The number of sulfonamides is 1. The number of nitrogens with zero attached hydrogens (tertiary/aromatic N) is 1. The zero-order valence-corrected chi connectivity index (χ0v) is 14.5. The van der Waals surface area contributed by atoms with Crippen molar-refractivity contribution < 1.29 is 22.7 Å². The van der Waals surface area contributed by atoms with E-state index in [0.29, 0.717) is 5.75 Å². The number of hydrogen-bond donors (Lipinski definition) is 0. The van der Waals surface area contributed by atoms with Crippen LogP contribution in [0.3, 0.4) is 0 Å². The fraction of sp³-hybridized carbons (Fsp3) is 0.235. The molecule has 2 aromatic carbocycles. The second-order valence-corrected chi connectivity index (χ2v) is 7.11. The van der Waals surface area contributed by atoms with Gasteiger partial charge in [0, 0.05) is 13.6 Å². The summed E-state index contributed by atoms with van der Waals surface area (Å²) in [7, 11) is 0.372. The van der Waals surface area contributed by atoms with Crippen molar-refractivity contribution in [2.24, 2.45) is 0 Å². The summed E-state index contributed by atoms with van der Waals surface area (Å²) in [5.74, 6) is -0.0442. The van der Waals surface area contributed by atoms with Crippen molar-refractivity contribution in [3.63, 3.8) is 0 Å². The lowest BCUT2D eigenvalue weighted by Crippen LogP contribution is -2.28. The molecule has 0 N–H and O–H groups in total. The highest BCUT2D eigenvalue weighted by Gasteiger charge is 2.26. The van der Waals surface area contributed by atoms with Crippen LogP contribution < -0.4 is 4.74 Å². The first-order chi connectivity index (χ1) is 11.4. The maximum absolute atomic E-state index is 12.8. The minimum absolute atomic E-state index is 0.0116. The molecule has 2 rings (SSSR count). The Morgan fingerprint density at radius 2 is 1.79 bits per heavy atom. The lowest BCUT2D eigenvalue weighted by Gasteiger charge is -2.19. The van der Waals surface area contributed by atoms with Gasteiger partial charge in [-0.2, -0.15) is 4.31 Å². The molecule has 0 amide bonds. The van der Waals surface area contributed by atoms with Crippen LogP contribution in [-0.4, -0.2) is 40.0 Å². The van der Waals surface area contributed by atoms with Crippen LogP contribution in [0.1, 0.15) is 15.9 Å². The summed E-state index contributed by atoms with van der Waals surface area (Å²) in [4.78, 5) is 11.7. The van der Waals surface area contributed by atoms with Gasteiger partial charge in [0.15, 0.2) is 0 Å². The van der Waals surface area contributed by atoms with E-state index in [1.165, 1.54) is 30.6 Å². The van der Waals surface area contributed by atoms with E-state index in [1.807, 2.05) is 0 Å². The highest BCUT2D eigenvalue weighted by molar-refractivity contribution is 7.89. The van der Waals surface area contributed by atoms with Gasteiger partial charge in [-0.3, -0.25) is 0 Å². The molecule has 0 aliphatic rings. The van der Waals surface area contributed by atoms with Gasteiger partial charge in [-0.25, -0.2) is 13.2 Å². The molecule has 0 saturated heterocycles. The van der Waals surface area contributed by atoms with Crippen molar-refractivity contribution in [3.8, 4) is 5.75 Å². The topological polar surface area (TPSA) is 72.9 Å². The van der Waals surface area contributed by atoms with E-state index < -0.39 is 16.0 Å². The van der Waals surface area contributed by atoms with Crippen molar-refractivity contribution in [3.05, 3.63) is 59.7 Å². The third-order valence-corrected chi connectivity index (χ3v) is 5.38. The van der Waals surface area contributed by atoms with Crippen molar-refractivity contribution >= 4 is 16.0 Å². The summed E-state index contributed by atoms with van der Waals surface area (Å²) >= 11 is 0.